The molecule has 0 spiro atoms. The minimum Gasteiger partial charge on any atom is -0.480 e. The molecular formula is C14H16FNO5. The monoisotopic (exact) mass is 297 g/mol. The quantitative estimate of drug-likeness (QED) is 0.864. The van der Waals surface area contributed by atoms with Crippen LogP contribution in [0.3, 0.4) is 0 Å². The summed E-state index contributed by atoms with van der Waals surface area (Å²) in [5, 5.41) is 8.93. The van der Waals surface area contributed by atoms with Crippen LogP contribution in [0.4, 0.5) is 4.39 Å². The molecule has 1 N–H and O–H groups in total. The molecule has 114 valence electrons. The minimum absolute atomic E-state index is 0.0747. The number of rotatable bonds is 5. The fraction of sp³-hybridized carbons (Fsp3) is 0.429. The Hall–Kier alpha value is -1.99. The van der Waals surface area contributed by atoms with E-state index in [1.807, 2.05) is 0 Å². The van der Waals surface area contributed by atoms with Crippen molar-refractivity contribution in [3.05, 3.63) is 35.6 Å². The number of hydrogen-bond acceptors (Lipinski definition) is 4. The lowest BCUT2D eigenvalue weighted by atomic mass is 10.2. The highest BCUT2D eigenvalue weighted by molar-refractivity contribution is 5.84. The van der Waals surface area contributed by atoms with Gasteiger partial charge in [0.1, 0.15) is 12.4 Å². The fourth-order valence-corrected chi connectivity index (χ4v) is 2.02. The Morgan fingerprint density at radius 3 is 2.57 bits per heavy atom. The zero-order valence-corrected chi connectivity index (χ0v) is 11.3. The van der Waals surface area contributed by atoms with E-state index in [2.05, 4.69) is 0 Å². The third-order valence-corrected chi connectivity index (χ3v) is 3.02. The molecule has 1 saturated heterocycles. The summed E-state index contributed by atoms with van der Waals surface area (Å²) in [6.45, 7) is 0.453. The van der Waals surface area contributed by atoms with Crippen molar-refractivity contribution >= 4 is 11.9 Å². The smallest absolute Gasteiger partial charge is 0.323 e. The van der Waals surface area contributed by atoms with Gasteiger partial charge in [-0.25, -0.2) is 4.39 Å². The van der Waals surface area contributed by atoms with E-state index in [1.165, 1.54) is 24.3 Å². The van der Waals surface area contributed by atoms with E-state index < -0.39 is 24.5 Å². The number of benzene rings is 1. The van der Waals surface area contributed by atoms with Gasteiger partial charge in [-0.3, -0.25) is 9.59 Å². The Kier molecular flexibility index (Phi) is 5.24. The second kappa shape index (κ2) is 7.14. The first-order valence-electron chi connectivity index (χ1n) is 6.50. The van der Waals surface area contributed by atoms with Crippen molar-refractivity contribution in [3.63, 3.8) is 0 Å². The summed E-state index contributed by atoms with van der Waals surface area (Å²) in [6.07, 6.45) is -0.793. The largest absolute Gasteiger partial charge is 0.480 e. The third kappa shape index (κ3) is 4.51. The number of carbonyl (C=O) groups excluding carboxylic acids is 1. The topological polar surface area (TPSA) is 76.1 Å². The van der Waals surface area contributed by atoms with Gasteiger partial charge in [0.15, 0.2) is 6.10 Å². The molecule has 1 aromatic rings. The van der Waals surface area contributed by atoms with E-state index in [-0.39, 0.29) is 19.0 Å². The van der Waals surface area contributed by atoms with E-state index in [9.17, 15) is 14.0 Å². The third-order valence-electron chi connectivity index (χ3n) is 3.02. The van der Waals surface area contributed by atoms with Crippen molar-refractivity contribution in [3.8, 4) is 0 Å². The van der Waals surface area contributed by atoms with Crippen molar-refractivity contribution < 1.29 is 28.6 Å². The molecule has 1 fully saturated rings. The Balaban J connectivity index is 2.07. The van der Waals surface area contributed by atoms with Gasteiger partial charge < -0.3 is 19.5 Å². The number of halogens is 1. The predicted molar refractivity (Wildman–Crippen MR) is 70.0 cm³/mol. The molecule has 0 saturated carbocycles. The molecule has 1 atom stereocenters. The Bertz CT molecular complexity index is 499. The number of ether oxygens (including phenoxy) is 2. The van der Waals surface area contributed by atoms with Gasteiger partial charge in [0, 0.05) is 6.54 Å². The standard InChI is InChI=1S/C14H16FNO5/c15-11-3-1-10(2-4-11)7-16(8-13(17)18)14(19)12-9-20-5-6-21-12/h1-4,12H,5-9H2,(H,17,18). The first-order valence-corrected chi connectivity index (χ1v) is 6.50. The van der Waals surface area contributed by atoms with Crippen LogP contribution in [0.1, 0.15) is 5.56 Å². The van der Waals surface area contributed by atoms with Crippen LogP contribution in [-0.2, 0) is 25.6 Å². The van der Waals surface area contributed by atoms with Gasteiger partial charge in [-0.1, -0.05) is 12.1 Å². The summed E-state index contributed by atoms with van der Waals surface area (Å²) in [5.41, 5.74) is 0.641. The molecule has 0 aromatic heterocycles. The van der Waals surface area contributed by atoms with Gasteiger partial charge in [-0.05, 0) is 17.7 Å². The SMILES string of the molecule is O=C(O)CN(Cc1ccc(F)cc1)C(=O)C1COCCO1. The number of carboxylic acid groups (broad SMARTS) is 1. The second-order valence-electron chi connectivity index (χ2n) is 4.65. The molecule has 0 bridgehead atoms. The maximum absolute atomic E-state index is 12.9. The summed E-state index contributed by atoms with van der Waals surface area (Å²) in [6, 6.07) is 5.54. The Labute approximate surface area is 121 Å². The van der Waals surface area contributed by atoms with Gasteiger partial charge >= 0.3 is 5.97 Å². The number of carboxylic acids is 1. The highest BCUT2D eigenvalue weighted by atomic mass is 19.1. The highest BCUT2D eigenvalue weighted by Crippen LogP contribution is 2.11. The van der Waals surface area contributed by atoms with Crippen molar-refractivity contribution in [1.29, 1.82) is 0 Å². The maximum Gasteiger partial charge on any atom is 0.323 e. The normalized spacial score (nSPS) is 18.2. The summed E-state index contributed by atoms with van der Waals surface area (Å²) in [4.78, 5) is 24.4. The number of hydrogen-bond donors (Lipinski definition) is 1. The first-order chi connectivity index (χ1) is 10.1. The van der Waals surface area contributed by atoms with E-state index in [0.29, 0.717) is 18.8 Å². The molecular weight excluding hydrogens is 281 g/mol. The van der Waals surface area contributed by atoms with Crippen LogP contribution in [0.25, 0.3) is 0 Å². The second-order valence-corrected chi connectivity index (χ2v) is 4.65. The number of aliphatic carboxylic acids is 1. The molecule has 6 nitrogen and oxygen atoms in total. The molecule has 7 heteroatoms. The molecule has 1 aliphatic heterocycles. The van der Waals surface area contributed by atoms with Crippen LogP contribution in [0.5, 0.6) is 0 Å². The maximum atomic E-state index is 12.9. The number of nitrogens with zero attached hydrogens (tertiary/aromatic N) is 1. The predicted octanol–water partition coefficient (Wildman–Crippen LogP) is 0.654. The van der Waals surface area contributed by atoms with Crippen LogP contribution in [-0.4, -0.2) is 54.4 Å². The summed E-state index contributed by atoms with van der Waals surface area (Å²) in [5.74, 6) is -1.96. The molecule has 2 rings (SSSR count). The van der Waals surface area contributed by atoms with Gasteiger partial charge in [-0.2, -0.15) is 0 Å². The zero-order valence-electron chi connectivity index (χ0n) is 11.3. The number of carbonyl (C=O) groups is 2. The molecule has 1 unspecified atom stereocenters. The Morgan fingerprint density at radius 1 is 1.29 bits per heavy atom. The molecule has 21 heavy (non-hydrogen) atoms. The molecule has 1 aromatic carbocycles. The van der Waals surface area contributed by atoms with Crippen LogP contribution < -0.4 is 0 Å². The lowest BCUT2D eigenvalue weighted by Gasteiger charge is -2.28. The summed E-state index contributed by atoms with van der Waals surface area (Å²) < 4.78 is 23.3. The van der Waals surface area contributed by atoms with Crippen molar-refractivity contribution in [2.45, 2.75) is 12.6 Å². The van der Waals surface area contributed by atoms with Crippen molar-refractivity contribution in [2.24, 2.45) is 0 Å². The fourth-order valence-electron chi connectivity index (χ4n) is 2.02. The van der Waals surface area contributed by atoms with Gasteiger partial charge in [0.05, 0.1) is 19.8 Å². The first kappa shape index (κ1) is 15.4. The van der Waals surface area contributed by atoms with E-state index in [4.69, 9.17) is 14.6 Å². The molecule has 1 amide bonds. The molecule has 1 heterocycles. The van der Waals surface area contributed by atoms with E-state index >= 15 is 0 Å². The van der Waals surface area contributed by atoms with Gasteiger partial charge in [-0.15, -0.1) is 0 Å². The average Bonchev–Trinajstić information content (AvgIpc) is 2.48. The molecule has 1 aliphatic rings. The molecule has 0 radical (unpaired) electrons. The lowest BCUT2D eigenvalue weighted by molar-refractivity contribution is -0.162. The van der Waals surface area contributed by atoms with Gasteiger partial charge in [0.25, 0.3) is 5.91 Å². The van der Waals surface area contributed by atoms with Crippen LogP contribution >= 0.6 is 0 Å². The highest BCUT2D eigenvalue weighted by Gasteiger charge is 2.28. The minimum atomic E-state index is -1.12. The van der Waals surface area contributed by atoms with E-state index in [0.717, 1.165) is 4.90 Å². The van der Waals surface area contributed by atoms with Crippen LogP contribution in [0.2, 0.25) is 0 Å². The van der Waals surface area contributed by atoms with E-state index in [1.54, 1.807) is 0 Å². The van der Waals surface area contributed by atoms with Crippen molar-refractivity contribution in [1.82, 2.24) is 4.90 Å². The van der Waals surface area contributed by atoms with Crippen LogP contribution in [0.15, 0.2) is 24.3 Å². The van der Waals surface area contributed by atoms with Crippen molar-refractivity contribution in [2.75, 3.05) is 26.4 Å². The summed E-state index contributed by atoms with van der Waals surface area (Å²) >= 11 is 0. The Morgan fingerprint density at radius 2 is 2.00 bits per heavy atom. The zero-order chi connectivity index (χ0) is 15.2. The van der Waals surface area contributed by atoms with Crippen LogP contribution in [0, 0.1) is 5.82 Å². The van der Waals surface area contributed by atoms with Gasteiger partial charge in [0.2, 0.25) is 0 Å². The lowest BCUT2D eigenvalue weighted by Crippen LogP contribution is -2.46. The molecule has 0 aliphatic carbocycles. The number of amides is 1. The summed E-state index contributed by atoms with van der Waals surface area (Å²) in [7, 11) is 0. The average molecular weight is 297 g/mol.